The third-order valence-electron chi connectivity index (χ3n) is 3.42. The summed E-state index contributed by atoms with van der Waals surface area (Å²) in [5, 5.41) is 0.708. The van der Waals surface area contributed by atoms with Crippen LogP contribution in [0.5, 0.6) is 0 Å². The molecule has 0 aliphatic carbocycles. The normalized spacial score (nSPS) is 24.0. The molecule has 0 aromatic heterocycles. The Labute approximate surface area is 107 Å². The van der Waals surface area contributed by atoms with Gasteiger partial charge in [0.15, 0.2) is 5.78 Å². The largest absolute Gasteiger partial charge is 0.370 e. The van der Waals surface area contributed by atoms with Crippen molar-refractivity contribution < 1.29 is 9.53 Å². The number of carbonyl (C=O) groups is 1. The highest BCUT2D eigenvalue weighted by atomic mass is 35.5. The predicted octanol–water partition coefficient (Wildman–Crippen LogP) is 3.56. The summed E-state index contributed by atoms with van der Waals surface area (Å²) in [7, 11) is 0. The van der Waals surface area contributed by atoms with Crippen molar-refractivity contribution in [1.82, 2.24) is 0 Å². The van der Waals surface area contributed by atoms with Gasteiger partial charge in [0, 0.05) is 17.2 Å². The van der Waals surface area contributed by atoms with Crippen molar-refractivity contribution in [2.45, 2.75) is 33.3 Å². The Hall–Kier alpha value is -0.860. The van der Waals surface area contributed by atoms with Crippen LogP contribution in [-0.2, 0) is 4.74 Å². The van der Waals surface area contributed by atoms with Gasteiger partial charge in [0.1, 0.15) is 6.10 Å². The molecule has 2 unspecified atom stereocenters. The molecule has 0 bridgehead atoms. The van der Waals surface area contributed by atoms with Crippen molar-refractivity contribution in [1.29, 1.82) is 0 Å². The van der Waals surface area contributed by atoms with E-state index in [0.29, 0.717) is 17.5 Å². The molecular formula is C14H17ClO2. The van der Waals surface area contributed by atoms with E-state index in [-0.39, 0.29) is 11.9 Å². The number of aryl methyl sites for hydroxylation is 2. The molecule has 2 nitrogen and oxygen atoms in total. The molecule has 0 spiro atoms. The smallest absolute Gasteiger partial charge is 0.192 e. The van der Waals surface area contributed by atoms with Crippen LogP contribution in [0.1, 0.15) is 34.8 Å². The highest BCUT2D eigenvalue weighted by Crippen LogP contribution is 2.27. The highest BCUT2D eigenvalue weighted by Gasteiger charge is 2.32. The van der Waals surface area contributed by atoms with Crippen molar-refractivity contribution in [3.05, 3.63) is 33.8 Å². The van der Waals surface area contributed by atoms with Crippen molar-refractivity contribution in [2.75, 3.05) is 6.61 Å². The second kappa shape index (κ2) is 4.79. The number of hydrogen-bond acceptors (Lipinski definition) is 2. The van der Waals surface area contributed by atoms with Crippen LogP contribution in [-0.4, -0.2) is 18.5 Å². The summed E-state index contributed by atoms with van der Waals surface area (Å²) in [5.41, 5.74) is 2.60. The lowest BCUT2D eigenvalue weighted by molar-refractivity contribution is 0.0578. The zero-order valence-corrected chi connectivity index (χ0v) is 11.2. The molecule has 1 saturated heterocycles. The summed E-state index contributed by atoms with van der Waals surface area (Å²) in [6, 6.07) is 3.72. The average molecular weight is 253 g/mol. The Kier molecular flexibility index (Phi) is 3.55. The third-order valence-corrected chi connectivity index (χ3v) is 3.82. The monoisotopic (exact) mass is 252 g/mol. The van der Waals surface area contributed by atoms with Crippen LogP contribution in [0.3, 0.4) is 0 Å². The fraction of sp³-hybridized carbons (Fsp3) is 0.500. The van der Waals surface area contributed by atoms with Gasteiger partial charge in [-0.25, -0.2) is 0 Å². The van der Waals surface area contributed by atoms with E-state index in [1.54, 1.807) is 0 Å². The number of benzene rings is 1. The van der Waals surface area contributed by atoms with Gasteiger partial charge in [-0.3, -0.25) is 4.79 Å². The number of hydrogen-bond donors (Lipinski definition) is 0. The van der Waals surface area contributed by atoms with Gasteiger partial charge in [0.25, 0.3) is 0 Å². The van der Waals surface area contributed by atoms with Crippen LogP contribution < -0.4 is 0 Å². The summed E-state index contributed by atoms with van der Waals surface area (Å²) in [4.78, 5) is 12.4. The molecule has 2 rings (SSSR count). The van der Waals surface area contributed by atoms with Crippen molar-refractivity contribution >= 4 is 17.4 Å². The lowest BCUT2D eigenvalue weighted by Gasteiger charge is -2.15. The first-order chi connectivity index (χ1) is 8.00. The van der Waals surface area contributed by atoms with Gasteiger partial charge in [-0.05, 0) is 49.4 Å². The van der Waals surface area contributed by atoms with E-state index in [1.807, 2.05) is 26.0 Å². The molecule has 92 valence electrons. The average Bonchev–Trinajstić information content (AvgIpc) is 2.69. The molecule has 1 aromatic rings. The predicted molar refractivity (Wildman–Crippen MR) is 68.8 cm³/mol. The van der Waals surface area contributed by atoms with Crippen molar-refractivity contribution in [3.63, 3.8) is 0 Å². The number of Topliss-reactive ketones (excluding diaryl/α,β-unsaturated/α-hetero) is 1. The molecule has 1 aliphatic heterocycles. The number of carbonyl (C=O) groups excluding carboxylic acids is 1. The molecule has 1 heterocycles. The van der Waals surface area contributed by atoms with Gasteiger partial charge in [-0.1, -0.05) is 18.5 Å². The van der Waals surface area contributed by atoms with Gasteiger partial charge in [-0.15, -0.1) is 0 Å². The lowest BCUT2D eigenvalue weighted by atomic mass is 9.93. The molecule has 0 radical (unpaired) electrons. The maximum absolute atomic E-state index is 12.4. The van der Waals surface area contributed by atoms with Crippen LogP contribution in [0.4, 0.5) is 0 Å². The van der Waals surface area contributed by atoms with E-state index >= 15 is 0 Å². The van der Waals surface area contributed by atoms with Gasteiger partial charge >= 0.3 is 0 Å². The summed E-state index contributed by atoms with van der Waals surface area (Å²) >= 11 is 6.04. The molecule has 2 atom stereocenters. The SMILES string of the molecule is Cc1cc(C(=O)C2OCCC2C)c(C)cc1Cl. The van der Waals surface area contributed by atoms with Crippen LogP contribution in [0.25, 0.3) is 0 Å². The van der Waals surface area contributed by atoms with E-state index < -0.39 is 0 Å². The van der Waals surface area contributed by atoms with Crippen molar-refractivity contribution in [3.8, 4) is 0 Å². The number of ether oxygens (including phenoxy) is 1. The van der Waals surface area contributed by atoms with E-state index in [0.717, 1.165) is 23.1 Å². The Morgan fingerprint density at radius 3 is 2.65 bits per heavy atom. The molecule has 1 fully saturated rings. The summed E-state index contributed by atoms with van der Waals surface area (Å²) < 4.78 is 5.52. The molecular weight excluding hydrogens is 236 g/mol. The quantitative estimate of drug-likeness (QED) is 0.753. The van der Waals surface area contributed by atoms with E-state index in [4.69, 9.17) is 16.3 Å². The van der Waals surface area contributed by atoms with Crippen LogP contribution >= 0.6 is 11.6 Å². The molecule has 1 aliphatic rings. The van der Waals surface area contributed by atoms with E-state index in [1.165, 1.54) is 0 Å². The minimum atomic E-state index is -0.283. The number of ketones is 1. The number of rotatable bonds is 2. The molecule has 0 amide bonds. The minimum absolute atomic E-state index is 0.0901. The Morgan fingerprint density at radius 2 is 2.06 bits per heavy atom. The van der Waals surface area contributed by atoms with Crippen LogP contribution in [0, 0.1) is 19.8 Å². The van der Waals surface area contributed by atoms with Gasteiger partial charge in [-0.2, -0.15) is 0 Å². The highest BCUT2D eigenvalue weighted by molar-refractivity contribution is 6.31. The van der Waals surface area contributed by atoms with Gasteiger partial charge < -0.3 is 4.74 Å². The molecule has 1 aromatic carbocycles. The molecule has 17 heavy (non-hydrogen) atoms. The van der Waals surface area contributed by atoms with Gasteiger partial charge in [0.05, 0.1) is 0 Å². The number of halogens is 1. The van der Waals surface area contributed by atoms with E-state index in [2.05, 4.69) is 6.92 Å². The first-order valence-electron chi connectivity index (χ1n) is 5.93. The Morgan fingerprint density at radius 1 is 1.35 bits per heavy atom. The fourth-order valence-electron chi connectivity index (χ4n) is 2.23. The van der Waals surface area contributed by atoms with Crippen LogP contribution in [0.2, 0.25) is 5.02 Å². The Balaban J connectivity index is 2.34. The minimum Gasteiger partial charge on any atom is -0.370 e. The first-order valence-corrected chi connectivity index (χ1v) is 6.31. The van der Waals surface area contributed by atoms with E-state index in [9.17, 15) is 4.79 Å². The maximum Gasteiger partial charge on any atom is 0.192 e. The zero-order valence-electron chi connectivity index (χ0n) is 10.4. The maximum atomic E-state index is 12.4. The first kappa shape index (κ1) is 12.6. The summed E-state index contributed by atoms with van der Waals surface area (Å²) in [6.07, 6.45) is 0.677. The fourth-order valence-corrected chi connectivity index (χ4v) is 2.45. The zero-order chi connectivity index (χ0) is 12.6. The Bertz CT molecular complexity index is 454. The third kappa shape index (κ3) is 2.38. The van der Waals surface area contributed by atoms with Crippen LogP contribution in [0.15, 0.2) is 12.1 Å². The van der Waals surface area contributed by atoms with Crippen molar-refractivity contribution in [2.24, 2.45) is 5.92 Å². The summed E-state index contributed by atoms with van der Waals surface area (Å²) in [5.74, 6) is 0.394. The summed E-state index contributed by atoms with van der Waals surface area (Å²) in [6.45, 7) is 6.58. The standard InChI is InChI=1S/C14H17ClO2/c1-8-4-5-17-14(8)13(16)11-6-10(3)12(15)7-9(11)2/h6-8,14H,4-5H2,1-3H3. The van der Waals surface area contributed by atoms with Gasteiger partial charge in [0.2, 0.25) is 0 Å². The second-order valence-corrected chi connectivity index (χ2v) is 5.25. The molecule has 0 saturated carbocycles. The molecule has 3 heteroatoms. The molecule has 0 N–H and O–H groups in total. The second-order valence-electron chi connectivity index (χ2n) is 4.84. The topological polar surface area (TPSA) is 26.3 Å². The lowest BCUT2D eigenvalue weighted by Crippen LogP contribution is -2.26.